The average Bonchev–Trinajstić information content (AvgIpc) is 2.69. The molecular weight excluding hydrogens is 312 g/mol. The molecular formula is C20H20N4O. The SMILES string of the molecule is O=C(NC1CCN(c2ccnc3ccccc23)CC1)c1ccncc1. The lowest BCUT2D eigenvalue weighted by molar-refractivity contribution is 0.0931. The van der Waals surface area contributed by atoms with Gasteiger partial charge in [0.05, 0.1) is 5.52 Å². The summed E-state index contributed by atoms with van der Waals surface area (Å²) in [5, 5.41) is 4.32. The summed E-state index contributed by atoms with van der Waals surface area (Å²) in [5.74, 6) is -0.0183. The first-order chi connectivity index (χ1) is 12.3. The van der Waals surface area contributed by atoms with E-state index in [1.54, 1.807) is 24.5 Å². The molecule has 3 aromatic rings. The van der Waals surface area contributed by atoms with Gasteiger partial charge in [-0.15, -0.1) is 0 Å². The van der Waals surface area contributed by atoms with Crippen molar-refractivity contribution in [3.05, 3.63) is 66.6 Å². The molecule has 0 atom stereocenters. The Hall–Kier alpha value is -2.95. The highest BCUT2D eigenvalue weighted by atomic mass is 16.1. The Kier molecular flexibility index (Phi) is 4.29. The fourth-order valence-corrected chi connectivity index (χ4v) is 3.39. The Bertz CT molecular complexity index is 868. The Morgan fingerprint density at radius 2 is 1.76 bits per heavy atom. The largest absolute Gasteiger partial charge is 0.371 e. The molecule has 3 heterocycles. The predicted molar refractivity (Wildman–Crippen MR) is 98.7 cm³/mol. The molecule has 5 nitrogen and oxygen atoms in total. The monoisotopic (exact) mass is 332 g/mol. The van der Waals surface area contributed by atoms with E-state index >= 15 is 0 Å². The summed E-state index contributed by atoms with van der Waals surface area (Å²) >= 11 is 0. The van der Waals surface area contributed by atoms with Gasteiger partial charge < -0.3 is 10.2 Å². The van der Waals surface area contributed by atoms with Crippen molar-refractivity contribution >= 4 is 22.5 Å². The average molecular weight is 332 g/mol. The maximum Gasteiger partial charge on any atom is 0.251 e. The third-order valence-electron chi connectivity index (χ3n) is 4.74. The van der Waals surface area contributed by atoms with Crippen molar-refractivity contribution in [1.29, 1.82) is 0 Å². The van der Waals surface area contributed by atoms with Gasteiger partial charge in [0.1, 0.15) is 0 Å². The van der Waals surface area contributed by atoms with Gasteiger partial charge >= 0.3 is 0 Å². The molecule has 1 fully saturated rings. The number of piperidine rings is 1. The molecule has 0 radical (unpaired) electrons. The van der Waals surface area contributed by atoms with E-state index in [1.807, 2.05) is 18.3 Å². The van der Waals surface area contributed by atoms with Crippen LogP contribution in [0.2, 0.25) is 0 Å². The quantitative estimate of drug-likeness (QED) is 0.801. The minimum atomic E-state index is -0.0183. The first kappa shape index (κ1) is 15.6. The van der Waals surface area contributed by atoms with Crippen LogP contribution in [0, 0.1) is 0 Å². The van der Waals surface area contributed by atoms with Crippen LogP contribution in [0.3, 0.4) is 0 Å². The van der Waals surface area contributed by atoms with E-state index in [4.69, 9.17) is 0 Å². The van der Waals surface area contributed by atoms with Crippen LogP contribution in [0.4, 0.5) is 5.69 Å². The molecule has 126 valence electrons. The lowest BCUT2D eigenvalue weighted by Crippen LogP contribution is -2.44. The molecule has 0 bridgehead atoms. The molecule has 1 aliphatic rings. The number of anilines is 1. The fourth-order valence-electron chi connectivity index (χ4n) is 3.39. The van der Waals surface area contributed by atoms with E-state index in [0.717, 1.165) is 31.4 Å². The van der Waals surface area contributed by atoms with Gasteiger partial charge in [-0.2, -0.15) is 0 Å². The molecule has 2 aromatic heterocycles. The smallest absolute Gasteiger partial charge is 0.251 e. The van der Waals surface area contributed by atoms with Crippen molar-refractivity contribution in [3.8, 4) is 0 Å². The van der Waals surface area contributed by atoms with Gasteiger partial charge in [0, 0.05) is 54.4 Å². The predicted octanol–water partition coefficient (Wildman–Crippen LogP) is 3.03. The topological polar surface area (TPSA) is 58.1 Å². The van der Waals surface area contributed by atoms with Gasteiger partial charge in [-0.3, -0.25) is 14.8 Å². The number of hydrogen-bond acceptors (Lipinski definition) is 4. The van der Waals surface area contributed by atoms with Crippen molar-refractivity contribution in [2.75, 3.05) is 18.0 Å². The molecule has 1 aromatic carbocycles. The van der Waals surface area contributed by atoms with Crippen LogP contribution in [-0.4, -0.2) is 35.0 Å². The highest BCUT2D eigenvalue weighted by Crippen LogP contribution is 2.27. The number of nitrogens with zero attached hydrogens (tertiary/aromatic N) is 3. The first-order valence-corrected chi connectivity index (χ1v) is 8.61. The van der Waals surface area contributed by atoms with Crippen LogP contribution < -0.4 is 10.2 Å². The van der Waals surface area contributed by atoms with Gasteiger partial charge in [0.25, 0.3) is 5.91 Å². The summed E-state index contributed by atoms with van der Waals surface area (Å²) < 4.78 is 0. The number of pyridine rings is 2. The van der Waals surface area contributed by atoms with Gasteiger partial charge in [0.15, 0.2) is 0 Å². The standard InChI is InChI=1S/C20H20N4O/c25-20(15-5-10-21-11-6-15)23-16-8-13-24(14-9-16)19-7-12-22-18-4-2-1-3-17(18)19/h1-7,10-12,16H,8-9,13-14H2,(H,23,25). The molecule has 0 spiro atoms. The van der Waals surface area contributed by atoms with Crippen molar-refractivity contribution in [1.82, 2.24) is 15.3 Å². The van der Waals surface area contributed by atoms with Crippen LogP contribution in [0.25, 0.3) is 10.9 Å². The van der Waals surface area contributed by atoms with E-state index in [0.29, 0.717) is 5.56 Å². The second kappa shape index (κ2) is 6.89. The van der Waals surface area contributed by atoms with Gasteiger partial charge in [-0.25, -0.2) is 0 Å². The normalized spacial score (nSPS) is 15.3. The van der Waals surface area contributed by atoms with Crippen LogP contribution >= 0.6 is 0 Å². The third-order valence-corrected chi connectivity index (χ3v) is 4.74. The number of nitrogens with one attached hydrogen (secondary N) is 1. The highest BCUT2D eigenvalue weighted by molar-refractivity contribution is 5.94. The zero-order valence-corrected chi connectivity index (χ0v) is 13.9. The Labute approximate surface area is 146 Å². The van der Waals surface area contributed by atoms with Gasteiger partial charge in [0.2, 0.25) is 0 Å². The van der Waals surface area contributed by atoms with Crippen LogP contribution in [0.5, 0.6) is 0 Å². The first-order valence-electron chi connectivity index (χ1n) is 8.61. The van der Waals surface area contributed by atoms with E-state index in [1.165, 1.54) is 11.1 Å². The lowest BCUT2D eigenvalue weighted by Gasteiger charge is -2.34. The van der Waals surface area contributed by atoms with E-state index in [-0.39, 0.29) is 11.9 Å². The molecule has 0 aliphatic carbocycles. The van der Waals surface area contributed by atoms with Crippen molar-refractivity contribution in [2.24, 2.45) is 0 Å². The summed E-state index contributed by atoms with van der Waals surface area (Å²) in [7, 11) is 0. The Morgan fingerprint density at radius 1 is 1.00 bits per heavy atom. The lowest BCUT2D eigenvalue weighted by atomic mass is 10.0. The molecule has 1 amide bonds. The summed E-state index contributed by atoms with van der Waals surface area (Å²) in [6, 6.07) is 14.0. The van der Waals surface area contributed by atoms with Gasteiger partial charge in [-0.05, 0) is 37.1 Å². The molecule has 0 unspecified atom stereocenters. The Morgan fingerprint density at radius 3 is 2.56 bits per heavy atom. The van der Waals surface area contributed by atoms with Crippen molar-refractivity contribution < 1.29 is 4.79 Å². The summed E-state index contributed by atoms with van der Waals surface area (Å²) in [6.45, 7) is 1.85. The number of fused-ring (bicyclic) bond motifs is 1. The zero-order valence-electron chi connectivity index (χ0n) is 13.9. The number of aromatic nitrogens is 2. The van der Waals surface area contributed by atoms with Crippen molar-refractivity contribution in [3.63, 3.8) is 0 Å². The van der Waals surface area contributed by atoms with E-state index < -0.39 is 0 Å². The van der Waals surface area contributed by atoms with E-state index in [9.17, 15) is 4.79 Å². The number of hydrogen-bond donors (Lipinski definition) is 1. The molecule has 1 aliphatic heterocycles. The van der Waals surface area contributed by atoms with Crippen LogP contribution in [0.15, 0.2) is 61.1 Å². The van der Waals surface area contributed by atoms with Crippen molar-refractivity contribution in [2.45, 2.75) is 18.9 Å². The number of benzene rings is 1. The van der Waals surface area contributed by atoms with Crippen LogP contribution in [0.1, 0.15) is 23.2 Å². The fraction of sp³-hybridized carbons (Fsp3) is 0.250. The second-order valence-corrected chi connectivity index (χ2v) is 6.32. The van der Waals surface area contributed by atoms with Gasteiger partial charge in [-0.1, -0.05) is 18.2 Å². The zero-order chi connectivity index (χ0) is 17.1. The summed E-state index contributed by atoms with van der Waals surface area (Å²) in [5.41, 5.74) is 2.91. The maximum atomic E-state index is 12.3. The molecule has 4 rings (SSSR count). The minimum absolute atomic E-state index is 0.0183. The molecule has 0 saturated carbocycles. The third kappa shape index (κ3) is 3.31. The Balaban J connectivity index is 1.42. The molecule has 5 heteroatoms. The maximum absolute atomic E-state index is 12.3. The van der Waals surface area contributed by atoms with Crippen LogP contribution in [-0.2, 0) is 0 Å². The minimum Gasteiger partial charge on any atom is -0.371 e. The number of rotatable bonds is 3. The molecule has 1 N–H and O–H groups in total. The number of para-hydroxylation sites is 1. The summed E-state index contributed by atoms with van der Waals surface area (Å²) in [6.07, 6.45) is 7.04. The van der Waals surface area contributed by atoms with E-state index in [2.05, 4.69) is 38.4 Å². The summed E-state index contributed by atoms with van der Waals surface area (Å²) in [4.78, 5) is 23.1. The molecule has 1 saturated heterocycles. The highest BCUT2D eigenvalue weighted by Gasteiger charge is 2.22. The second-order valence-electron chi connectivity index (χ2n) is 6.32. The number of amides is 1. The number of carbonyl (C=O) groups is 1. The number of carbonyl (C=O) groups excluding carboxylic acids is 1. The molecule has 25 heavy (non-hydrogen) atoms.